The molecule has 2 atom stereocenters. The number of thioether (sulfide) groups is 1. The molecule has 154 valence electrons. The van der Waals surface area contributed by atoms with E-state index in [-0.39, 0.29) is 24.3 Å². The molecular formula is C17H23N3O7S. The van der Waals surface area contributed by atoms with Crippen LogP contribution in [0.3, 0.4) is 0 Å². The molecule has 0 aliphatic rings. The van der Waals surface area contributed by atoms with Gasteiger partial charge >= 0.3 is 11.9 Å². The number of carboxylic acid groups (broad SMARTS) is 2. The number of carbonyl (C=O) groups is 4. The molecule has 0 radical (unpaired) electrons. The lowest BCUT2D eigenvalue weighted by Crippen LogP contribution is -2.49. The number of phenols is 1. The van der Waals surface area contributed by atoms with E-state index in [9.17, 15) is 24.3 Å². The summed E-state index contributed by atoms with van der Waals surface area (Å²) >= 11 is 1.33. The van der Waals surface area contributed by atoms with Gasteiger partial charge in [-0.1, -0.05) is 12.1 Å². The molecule has 0 aliphatic carbocycles. The molecule has 28 heavy (non-hydrogen) atoms. The minimum absolute atomic E-state index is 0.0920. The summed E-state index contributed by atoms with van der Waals surface area (Å²) in [5.41, 5.74) is 6.24. The highest BCUT2D eigenvalue weighted by Gasteiger charge is 2.22. The molecule has 10 nitrogen and oxygen atoms in total. The SMILES string of the molecule is N[C@@H](CCC(=O)N[C@@H](CSCc1ccc(O)cc1)C(=O)NCC(=O)O)C(=O)O. The van der Waals surface area contributed by atoms with Crippen molar-refractivity contribution in [3.8, 4) is 5.75 Å². The molecule has 0 unspecified atom stereocenters. The van der Waals surface area contributed by atoms with E-state index in [4.69, 9.17) is 15.9 Å². The predicted molar refractivity (Wildman–Crippen MR) is 102 cm³/mol. The summed E-state index contributed by atoms with van der Waals surface area (Å²) in [5, 5.41) is 31.4. The third-order valence-electron chi connectivity index (χ3n) is 3.55. The van der Waals surface area contributed by atoms with Crippen molar-refractivity contribution in [2.45, 2.75) is 30.7 Å². The van der Waals surface area contributed by atoms with Crippen molar-refractivity contribution in [3.63, 3.8) is 0 Å². The Labute approximate surface area is 165 Å². The molecule has 0 saturated carbocycles. The number of hydrogen-bond acceptors (Lipinski definition) is 7. The molecule has 0 aliphatic heterocycles. The van der Waals surface area contributed by atoms with Crippen molar-refractivity contribution in [1.29, 1.82) is 0 Å². The average Bonchev–Trinajstić information content (AvgIpc) is 2.64. The van der Waals surface area contributed by atoms with Crippen LogP contribution in [0.25, 0.3) is 0 Å². The van der Waals surface area contributed by atoms with E-state index in [1.807, 2.05) is 0 Å². The lowest BCUT2D eigenvalue weighted by Gasteiger charge is -2.18. The van der Waals surface area contributed by atoms with E-state index in [0.717, 1.165) is 5.56 Å². The highest BCUT2D eigenvalue weighted by molar-refractivity contribution is 7.98. The van der Waals surface area contributed by atoms with Gasteiger partial charge in [0.15, 0.2) is 0 Å². The molecule has 0 spiro atoms. The monoisotopic (exact) mass is 413 g/mol. The van der Waals surface area contributed by atoms with Gasteiger partial charge in [0.2, 0.25) is 11.8 Å². The van der Waals surface area contributed by atoms with Crippen LogP contribution in [0.15, 0.2) is 24.3 Å². The highest BCUT2D eigenvalue weighted by Crippen LogP contribution is 2.16. The first-order chi connectivity index (χ1) is 13.2. The summed E-state index contributed by atoms with van der Waals surface area (Å²) in [5.74, 6) is -2.86. The standard InChI is InChI=1S/C17H23N3O7S/c18-12(17(26)27)5-6-14(22)20-13(16(25)19-7-15(23)24)9-28-8-10-1-3-11(21)4-2-10/h1-4,12-13,21H,5-9,18H2,(H,19,25)(H,20,22)(H,23,24)(H,26,27)/t12-,13-/m0/s1. The summed E-state index contributed by atoms with van der Waals surface area (Å²) in [4.78, 5) is 45.5. The predicted octanol–water partition coefficient (Wildman–Crippen LogP) is -0.497. The Morgan fingerprint density at radius 2 is 1.75 bits per heavy atom. The summed E-state index contributed by atoms with van der Waals surface area (Å²) in [7, 11) is 0. The molecular weight excluding hydrogens is 390 g/mol. The Balaban J connectivity index is 2.60. The van der Waals surface area contributed by atoms with Crippen LogP contribution in [-0.4, -0.2) is 63.5 Å². The van der Waals surface area contributed by atoms with Crippen LogP contribution in [0.2, 0.25) is 0 Å². The van der Waals surface area contributed by atoms with Gasteiger partial charge in [0.25, 0.3) is 0 Å². The van der Waals surface area contributed by atoms with Gasteiger partial charge in [-0.25, -0.2) is 0 Å². The third kappa shape index (κ3) is 9.24. The Morgan fingerprint density at radius 3 is 2.32 bits per heavy atom. The number of aromatic hydroxyl groups is 1. The van der Waals surface area contributed by atoms with Crippen LogP contribution in [-0.2, 0) is 24.9 Å². The zero-order valence-corrected chi connectivity index (χ0v) is 15.8. The van der Waals surface area contributed by atoms with Gasteiger partial charge in [0, 0.05) is 17.9 Å². The molecule has 0 saturated heterocycles. The lowest BCUT2D eigenvalue weighted by atomic mass is 10.1. The molecule has 0 bridgehead atoms. The molecule has 1 aromatic rings. The first-order valence-electron chi connectivity index (χ1n) is 8.32. The molecule has 11 heteroatoms. The minimum Gasteiger partial charge on any atom is -0.508 e. The van der Waals surface area contributed by atoms with Crippen molar-refractivity contribution in [3.05, 3.63) is 29.8 Å². The summed E-state index contributed by atoms with van der Waals surface area (Å²) in [6, 6.07) is 4.31. The van der Waals surface area contributed by atoms with Gasteiger partial charge in [0.05, 0.1) is 0 Å². The largest absolute Gasteiger partial charge is 0.508 e. The Kier molecular flexibility index (Phi) is 9.82. The van der Waals surface area contributed by atoms with Crippen molar-refractivity contribution >= 4 is 35.5 Å². The third-order valence-corrected chi connectivity index (χ3v) is 4.66. The van der Waals surface area contributed by atoms with E-state index < -0.39 is 42.4 Å². The smallest absolute Gasteiger partial charge is 0.322 e. The number of nitrogens with two attached hydrogens (primary N) is 1. The number of benzene rings is 1. The number of carboxylic acids is 2. The Bertz CT molecular complexity index is 696. The van der Waals surface area contributed by atoms with E-state index in [1.54, 1.807) is 12.1 Å². The topological polar surface area (TPSA) is 179 Å². The van der Waals surface area contributed by atoms with E-state index in [1.165, 1.54) is 23.9 Å². The molecule has 0 fully saturated rings. The fourth-order valence-corrected chi connectivity index (χ4v) is 3.05. The molecule has 1 aromatic carbocycles. The zero-order chi connectivity index (χ0) is 21.1. The van der Waals surface area contributed by atoms with Crippen LogP contribution in [0, 0.1) is 0 Å². The van der Waals surface area contributed by atoms with Crippen LogP contribution in [0.5, 0.6) is 5.75 Å². The number of nitrogens with one attached hydrogen (secondary N) is 2. The van der Waals surface area contributed by atoms with Crippen molar-refractivity contribution in [2.24, 2.45) is 5.73 Å². The summed E-state index contributed by atoms with van der Waals surface area (Å²) in [6.07, 6.45) is -0.274. The molecule has 2 amide bonds. The maximum absolute atomic E-state index is 12.2. The van der Waals surface area contributed by atoms with Crippen molar-refractivity contribution < 1.29 is 34.5 Å². The quantitative estimate of drug-likeness (QED) is 0.263. The number of rotatable bonds is 12. The second kappa shape index (κ2) is 11.8. The number of amides is 2. The normalized spacial score (nSPS) is 12.6. The molecule has 1 rings (SSSR count). The van der Waals surface area contributed by atoms with Crippen molar-refractivity contribution in [1.82, 2.24) is 10.6 Å². The zero-order valence-electron chi connectivity index (χ0n) is 15.0. The highest BCUT2D eigenvalue weighted by atomic mass is 32.2. The molecule has 7 N–H and O–H groups in total. The second-order valence-corrected chi connectivity index (χ2v) is 6.93. The number of aliphatic carboxylic acids is 2. The Hall–Kier alpha value is -2.79. The van der Waals surface area contributed by atoms with E-state index >= 15 is 0 Å². The fourth-order valence-electron chi connectivity index (χ4n) is 2.03. The summed E-state index contributed by atoms with van der Waals surface area (Å²) < 4.78 is 0. The minimum atomic E-state index is -1.23. The first-order valence-corrected chi connectivity index (χ1v) is 9.47. The lowest BCUT2D eigenvalue weighted by molar-refractivity contribution is -0.139. The van der Waals surface area contributed by atoms with Gasteiger partial charge < -0.3 is 31.7 Å². The van der Waals surface area contributed by atoms with Gasteiger partial charge in [0.1, 0.15) is 24.4 Å². The van der Waals surface area contributed by atoms with Crippen LogP contribution in [0.4, 0.5) is 0 Å². The van der Waals surface area contributed by atoms with Crippen LogP contribution < -0.4 is 16.4 Å². The summed E-state index contributed by atoms with van der Waals surface area (Å²) in [6.45, 7) is -0.586. The van der Waals surface area contributed by atoms with Gasteiger partial charge in [-0.05, 0) is 24.1 Å². The van der Waals surface area contributed by atoms with E-state index in [2.05, 4.69) is 10.6 Å². The number of carbonyl (C=O) groups excluding carboxylic acids is 2. The maximum atomic E-state index is 12.2. The number of phenolic OH excluding ortho intramolecular Hbond substituents is 1. The molecule has 0 aromatic heterocycles. The molecule has 0 heterocycles. The van der Waals surface area contributed by atoms with E-state index in [0.29, 0.717) is 5.75 Å². The maximum Gasteiger partial charge on any atom is 0.322 e. The van der Waals surface area contributed by atoms with Gasteiger partial charge in [-0.15, -0.1) is 0 Å². The van der Waals surface area contributed by atoms with Gasteiger partial charge in [-0.3, -0.25) is 19.2 Å². The number of hydrogen-bond donors (Lipinski definition) is 6. The second-order valence-electron chi connectivity index (χ2n) is 5.90. The Morgan fingerprint density at radius 1 is 1.11 bits per heavy atom. The first kappa shape index (κ1) is 23.2. The fraction of sp³-hybridized carbons (Fsp3) is 0.412. The average molecular weight is 413 g/mol. The van der Waals surface area contributed by atoms with Gasteiger partial charge in [-0.2, -0.15) is 11.8 Å². The van der Waals surface area contributed by atoms with Crippen LogP contribution in [0.1, 0.15) is 18.4 Å². The van der Waals surface area contributed by atoms with Crippen LogP contribution >= 0.6 is 11.8 Å². The van der Waals surface area contributed by atoms with Crippen molar-refractivity contribution in [2.75, 3.05) is 12.3 Å².